The minimum Gasteiger partial charge on any atom is -0.491 e. The molecule has 0 unspecified atom stereocenters. The number of ether oxygens (including phenoxy) is 1. The molecule has 1 aliphatic carbocycles. The minimum absolute atomic E-state index is 0.0164. The molecule has 3 aromatic heterocycles. The van der Waals surface area contributed by atoms with Crippen LogP contribution in [0.3, 0.4) is 0 Å². The van der Waals surface area contributed by atoms with Gasteiger partial charge in [-0.05, 0) is 18.9 Å². The Labute approximate surface area is 244 Å². The Bertz CT molecular complexity index is 1800. The molecule has 3 aliphatic rings. The lowest BCUT2D eigenvalue weighted by atomic mass is 10.00. The number of fused-ring (bicyclic) bond motifs is 2. The quantitative estimate of drug-likeness (QED) is 0.319. The highest BCUT2D eigenvalue weighted by molar-refractivity contribution is 6.36. The molecule has 2 aliphatic heterocycles. The first-order chi connectivity index (χ1) is 20.5. The first-order valence-corrected chi connectivity index (χ1v) is 13.7. The number of anilines is 2. The standard InChI is InChI=1S/C26H21ClF5N9O2/c27-17-15(19-13(26(30,31)32)7-14(28)22(33)37-19)18(29)20-16-21(17)43-6-3-12-8-39(4-5-40(12)24(16)35-9-34-20)25(42)41-10-36-38-23(41)11-1-2-11/h7,9-12H,1-6,8H2,(H2,33,37)/t12-/m0/s1. The molecule has 2 N–H and O–H groups in total. The largest absolute Gasteiger partial charge is 0.491 e. The number of nitrogens with zero attached hydrogens (tertiary/aromatic N) is 8. The highest BCUT2D eigenvalue weighted by Crippen LogP contribution is 2.49. The fourth-order valence-corrected chi connectivity index (χ4v) is 6.00. The Balaban J connectivity index is 1.31. The van der Waals surface area contributed by atoms with Gasteiger partial charge >= 0.3 is 12.2 Å². The fourth-order valence-electron chi connectivity index (χ4n) is 5.68. The van der Waals surface area contributed by atoms with E-state index in [-0.39, 0.29) is 59.7 Å². The highest BCUT2D eigenvalue weighted by atomic mass is 35.5. The van der Waals surface area contributed by atoms with Gasteiger partial charge in [0.15, 0.2) is 23.2 Å². The maximum atomic E-state index is 16.2. The molecule has 11 nitrogen and oxygen atoms in total. The predicted octanol–water partition coefficient (Wildman–Crippen LogP) is 4.63. The SMILES string of the molecule is Nc1nc(-c2c(Cl)c3c4c(ncnc4c2F)N2CCN(C(=O)n4cnnc4C4CC4)C[C@@H]2CCO3)c(C(F)(F)F)cc1F. The number of piperazine rings is 1. The topological polar surface area (TPSA) is 128 Å². The van der Waals surface area contributed by atoms with Crippen LogP contribution in [-0.2, 0) is 6.18 Å². The van der Waals surface area contributed by atoms with Crippen LogP contribution in [0.2, 0.25) is 5.02 Å². The second-order valence-corrected chi connectivity index (χ2v) is 10.9. The average molecular weight is 622 g/mol. The third kappa shape index (κ3) is 4.46. The number of hydrogen-bond donors (Lipinski definition) is 1. The monoisotopic (exact) mass is 621 g/mol. The first-order valence-electron chi connectivity index (χ1n) is 13.3. The molecule has 2 fully saturated rings. The summed E-state index contributed by atoms with van der Waals surface area (Å²) in [7, 11) is 0. The lowest BCUT2D eigenvalue weighted by Gasteiger charge is -2.43. The third-order valence-corrected chi connectivity index (χ3v) is 8.25. The summed E-state index contributed by atoms with van der Waals surface area (Å²) in [4.78, 5) is 28.9. The summed E-state index contributed by atoms with van der Waals surface area (Å²) >= 11 is 6.57. The summed E-state index contributed by atoms with van der Waals surface area (Å²) < 4.78 is 79.4. The molecule has 4 aromatic rings. The molecule has 224 valence electrons. The molecule has 7 rings (SSSR count). The zero-order valence-electron chi connectivity index (χ0n) is 22.1. The molecular weight excluding hydrogens is 601 g/mol. The number of carbonyl (C=O) groups excluding carboxylic acids is 1. The van der Waals surface area contributed by atoms with E-state index < -0.39 is 45.5 Å². The van der Waals surface area contributed by atoms with Crippen LogP contribution in [0, 0.1) is 11.6 Å². The van der Waals surface area contributed by atoms with Gasteiger partial charge in [-0.2, -0.15) is 13.2 Å². The second-order valence-electron chi connectivity index (χ2n) is 10.5. The number of halogens is 6. The predicted molar refractivity (Wildman–Crippen MR) is 143 cm³/mol. The molecule has 1 saturated heterocycles. The molecule has 5 heterocycles. The van der Waals surface area contributed by atoms with Crippen molar-refractivity contribution < 1.29 is 31.5 Å². The lowest BCUT2D eigenvalue weighted by Crippen LogP contribution is -2.56. The number of aromatic nitrogens is 6. The summed E-state index contributed by atoms with van der Waals surface area (Å²) in [5.41, 5.74) is 1.77. The van der Waals surface area contributed by atoms with Crippen molar-refractivity contribution in [2.75, 3.05) is 36.9 Å². The van der Waals surface area contributed by atoms with Gasteiger partial charge in [0.1, 0.15) is 29.8 Å². The number of pyridine rings is 1. The van der Waals surface area contributed by atoms with E-state index in [1.807, 2.05) is 4.90 Å². The summed E-state index contributed by atoms with van der Waals surface area (Å²) in [6, 6.07) is -0.416. The van der Waals surface area contributed by atoms with Gasteiger partial charge in [-0.25, -0.2) is 33.1 Å². The maximum Gasteiger partial charge on any atom is 0.418 e. The Morgan fingerprint density at radius 3 is 2.67 bits per heavy atom. The molecule has 1 saturated carbocycles. The number of hydrogen-bond acceptors (Lipinski definition) is 9. The van der Waals surface area contributed by atoms with Crippen molar-refractivity contribution in [1.82, 2.24) is 34.6 Å². The van der Waals surface area contributed by atoms with Gasteiger partial charge < -0.3 is 20.3 Å². The smallest absolute Gasteiger partial charge is 0.418 e. The van der Waals surface area contributed by atoms with Gasteiger partial charge in [0.05, 0.1) is 39.9 Å². The van der Waals surface area contributed by atoms with Gasteiger partial charge in [-0.3, -0.25) is 0 Å². The molecule has 1 amide bonds. The zero-order valence-corrected chi connectivity index (χ0v) is 22.8. The van der Waals surface area contributed by atoms with Gasteiger partial charge in [0.2, 0.25) is 0 Å². The molecule has 0 radical (unpaired) electrons. The van der Waals surface area contributed by atoms with E-state index >= 15 is 4.39 Å². The van der Waals surface area contributed by atoms with E-state index in [0.717, 1.165) is 19.2 Å². The molecular formula is C26H21ClF5N9O2. The van der Waals surface area contributed by atoms with Crippen LogP contribution >= 0.6 is 11.6 Å². The number of amides is 1. The van der Waals surface area contributed by atoms with Crippen molar-refractivity contribution >= 4 is 40.2 Å². The molecule has 1 atom stereocenters. The van der Waals surface area contributed by atoms with E-state index in [0.29, 0.717) is 25.3 Å². The Hall–Kier alpha value is -4.34. The lowest BCUT2D eigenvalue weighted by molar-refractivity contribution is -0.137. The van der Waals surface area contributed by atoms with Crippen LogP contribution < -0.4 is 15.4 Å². The van der Waals surface area contributed by atoms with Crippen LogP contribution in [0.4, 0.5) is 38.4 Å². The summed E-state index contributed by atoms with van der Waals surface area (Å²) in [6.07, 6.45) is -0.359. The first kappa shape index (κ1) is 27.5. The van der Waals surface area contributed by atoms with Gasteiger partial charge in [-0.1, -0.05) is 11.6 Å². The Kier molecular flexibility index (Phi) is 6.30. The van der Waals surface area contributed by atoms with Crippen molar-refractivity contribution in [3.05, 3.63) is 46.8 Å². The van der Waals surface area contributed by atoms with Crippen LogP contribution in [0.25, 0.3) is 22.2 Å². The average Bonchev–Trinajstić information content (AvgIpc) is 3.69. The number of nitrogen functional groups attached to an aromatic ring is 1. The van der Waals surface area contributed by atoms with Crippen molar-refractivity contribution in [3.8, 4) is 17.0 Å². The Morgan fingerprint density at radius 1 is 1.14 bits per heavy atom. The van der Waals surface area contributed by atoms with Gasteiger partial charge in [0.25, 0.3) is 0 Å². The normalized spacial score (nSPS) is 18.7. The van der Waals surface area contributed by atoms with E-state index in [4.69, 9.17) is 22.1 Å². The number of benzene rings is 1. The van der Waals surface area contributed by atoms with E-state index in [2.05, 4.69) is 25.1 Å². The van der Waals surface area contributed by atoms with Crippen molar-refractivity contribution in [1.29, 1.82) is 0 Å². The minimum atomic E-state index is -5.11. The van der Waals surface area contributed by atoms with E-state index in [9.17, 15) is 22.4 Å². The van der Waals surface area contributed by atoms with Crippen molar-refractivity contribution in [2.45, 2.75) is 37.4 Å². The van der Waals surface area contributed by atoms with Crippen molar-refractivity contribution in [3.63, 3.8) is 0 Å². The van der Waals surface area contributed by atoms with E-state index in [1.54, 1.807) is 4.90 Å². The molecule has 1 aromatic carbocycles. The van der Waals surface area contributed by atoms with Crippen LogP contribution in [0.1, 0.15) is 36.6 Å². The van der Waals surface area contributed by atoms with Crippen LogP contribution in [0.5, 0.6) is 5.75 Å². The summed E-state index contributed by atoms with van der Waals surface area (Å²) in [5, 5.41) is 7.55. The van der Waals surface area contributed by atoms with Gasteiger partial charge in [-0.15, -0.1) is 10.2 Å². The number of rotatable bonds is 2. The third-order valence-electron chi connectivity index (χ3n) is 7.89. The van der Waals surface area contributed by atoms with Crippen LogP contribution in [-0.4, -0.2) is 72.9 Å². The second kappa shape index (κ2) is 9.86. The van der Waals surface area contributed by atoms with Crippen molar-refractivity contribution in [2.24, 2.45) is 0 Å². The van der Waals surface area contributed by atoms with Gasteiger partial charge in [0, 0.05) is 32.0 Å². The van der Waals surface area contributed by atoms with Crippen LogP contribution in [0.15, 0.2) is 18.7 Å². The molecule has 0 bridgehead atoms. The zero-order chi connectivity index (χ0) is 30.2. The number of alkyl halides is 3. The summed E-state index contributed by atoms with van der Waals surface area (Å²) in [5.74, 6) is -2.56. The Morgan fingerprint density at radius 2 is 1.93 bits per heavy atom. The molecule has 17 heteroatoms. The molecule has 43 heavy (non-hydrogen) atoms. The highest BCUT2D eigenvalue weighted by Gasteiger charge is 2.40. The van der Waals surface area contributed by atoms with E-state index in [1.165, 1.54) is 10.9 Å². The maximum absolute atomic E-state index is 16.2. The molecule has 0 spiro atoms. The number of nitrogens with two attached hydrogens (primary N) is 1. The number of carbonyl (C=O) groups is 1. The fraction of sp³-hybridized carbons (Fsp3) is 0.385. The summed E-state index contributed by atoms with van der Waals surface area (Å²) in [6.45, 7) is 0.898.